The average molecular weight is 467 g/mol. The zero-order valence-electron chi connectivity index (χ0n) is 18.7. The number of carbonyl (C=O) groups is 1. The normalized spacial score (nSPS) is 15.8. The molecule has 1 aromatic heterocycles. The maximum Gasteiger partial charge on any atom is 0.338 e. The number of nitrogens with zero attached hydrogens (tertiary/aromatic N) is 2. The number of hydrogen-bond acceptors (Lipinski definition) is 6. The Bertz CT molecular complexity index is 1430. The Kier molecular flexibility index (Phi) is 6.29. The fourth-order valence-electron chi connectivity index (χ4n) is 3.82. The van der Waals surface area contributed by atoms with Crippen molar-refractivity contribution >= 4 is 23.4 Å². The molecular weight excluding hydrogens is 443 g/mol. The van der Waals surface area contributed by atoms with Crippen LogP contribution in [0.1, 0.15) is 36.6 Å². The Morgan fingerprint density at radius 2 is 1.94 bits per heavy atom. The molecule has 33 heavy (non-hydrogen) atoms. The van der Waals surface area contributed by atoms with Crippen LogP contribution in [0.3, 0.4) is 0 Å². The van der Waals surface area contributed by atoms with Crippen molar-refractivity contribution < 1.29 is 18.7 Å². The van der Waals surface area contributed by atoms with Crippen molar-refractivity contribution in [1.29, 1.82) is 0 Å². The van der Waals surface area contributed by atoms with E-state index in [2.05, 4.69) is 4.99 Å². The Morgan fingerprint density at radius 1 is 1.21 bits per heavy atom. The van der Waals surface area contributed by atoms with Crippen LogP contribution in [-0.4, -0.2) is 24.3 Å². The number of ether oxygens (including phenoxy) is 2. The number of methoxy groups -OCH3 is 1. The molecule has 4 rings (SSSR count). The van der Waals surface area contributed by atoms with Crippen LogP contribution in [-0.2, 0) is 9.53 Å². The molecule has 0 saturated heterocycles. The van der Waals surface area contributed by atoms with Gasteiger partial charge in [0.05, 0.1) is 35.6 Å². The first-order valence-corrected chi connectivity index (χ1v) is 11.3. The van der Waals surface area contributed by atoms with Gasteiger partial charge in [-0.3, -0.25) is 9.36 Å². The lowest BCUT2D eigenvalue weighted by molar-refractivity contribution is -0.139. The minimum absolute atomic E-state index is 0.203. The standard InChI is InChI=1S/C25H23FN2O4S/c1-5-32-24(30)21-15(3)27-25-28(22(21)17-9-6-14(2)19(13-17)31-4)23(29)20(33-25)12-16-7-10-18(26)11-8-16/h6-13,22H,5H2,1-4H3/b20-12+/t22-/m1/s1. The molecule has 0 unspecified atom stereocenters. The molecule has 8 heteroatoms. The molecule has 0 fully saturated rings. The van der Waals surface area contributed by atoms with Crippen molar-refractivity contribution in [3.05, 3.63) is 95.9 Å². The summed E-state index contributed by atoms with van der Waals surface area (Å²) >= 11 is 1.22. The van der Waals surface area contributed by atoms with E-state index in [1.807, 2.05) is 25.1 Å². The van der Waals surface area contributed by atoms with Crippen molar-refractivity contribution in [1.82, 2.24) is 4.57 Å². The van der Waals surface area contributed by atoms with Crippen molar-refractivity contribution in [3.8, 4) is 5.75 Å². The van der Waals surface area contributed by atoms with E-state index in [1.165, 1.54) is 28.0 Å². The second-order valence-corrected chi connectivity index (χ2v) is 8.59. The van der Waals surface area contributed by atoms with E-state index in [1.54, 1.807) is 39.2 Å². The Hall–Kier alpha value is -3.52. The first-order valence-electron chi connectivity index (χ1n) is 10.4. The third-order valence-electron chi connectivity index (χ3n) is 5.43. The summed E-state index contributed by atoms with van der Waals surface area (Å²) in [5.74, 6) is -0.216. The summed E-state index contributed by atoms with van der Waals surface area (Å²) in [7, 11) is 1.58. The van der Waals surface area contributed by atoms with Gasteiger partial charge in [-0.15, -0.1) is 0 Å². The zero-order chi connectivity index (χ0) is 23.7. The Labute approximate surface area is 193 Å². The van der Waals surface area contributed by atoms with Gasteiger partial charge >= 0.3 is 5.97 Å². The van der Waals surface area contributed by atoms with Crippen LogP contribution < -0.4 is 19.6 Å². The smallest absolute Gasteiger partial charge is 0.338 e. The number of carbonyl (C=O) groups excluding carboxylic acids is 1. The van der Waals surface area contributed by atoms with Crippen molar-refractivity contribution in [2.75, 3.05) is 13.7 Å². The SMILES string of the molecule is CCOC(=O)C1=C(C)N=c2s/c(=C/c3ccc(F)cc3)c(=O)n2[C@@H]1c1ccc(C)c(OC)c1. The second kappa shape index (κ2) is 9.15. The van der Waals surface area contributed by atoms with E-state index in [0.29, 0.717) is 37.5 Å². The van der Waals surface area contributed by atoms with Gasteiger partial charge in [0, 0.05) is 0 Å². The number of aryl methyl sites for hydroxylation is 1. The van der Waals surface area contributed by atoms with Crippen LogP contribution in [0.15, 0.2) is 63.5 Å². The predicted molar refractivity (Wildman–Crippen MR) is 125 cm³/mol. The third-order valence-corrected chi connectivity index (χ3v) is 6.42. The summed E-state index contributed by atoms with van der Waals surface area (Å²) in [6.07, 6.45) is 1.69. The quantitative estimate of drug-likeness (QED) is 0.542. The van der Waals surface area contributed by atoms with E-state index < -0.39 is 12.0 Å². The summed E-state index contributed by atoms with van der Waals surface area (Å²) in [6.45, 7) is 5.59. The van der Waals surface area contributed by atoms with Gasteiger partial charge < -0.3 is 9.47 Å². The van der Waals surface area contributed by atoms with Gasteiger partial charge in [-0.25, -0.2) is 14.2 Å². The van der Waals surface area contributed by atoms with Gasteiger partial charge in [-0.1, -0.05) is 35.6 Å². The molecule has 2 aromatic carbocycles. The molecule has 0 bridgehead atoms. The molecule has 170 valence electrons. The molecular formula is C25H23FN2O4S. The number of allylic oxidation sites excluding steroid dienone is 1. The molecule has 0 spiro atoms. The average Bonchev–Trinajstić information content (AvgIpc) is 3.09. The summed E-state index contributed by atoms with van der Waals surface area (Å²) in [6, 6.07) is 10.8. The summed E-state index contributed by atoms with van der Waals surface area (Å²) in [5, 5.41) is 0. The Balaban J connectivity index is 1.97. The monoisotopic (exact) mass is 466 g/mol. The number of halogens is 1. The van der Waals surface area contributed by atoms with Crippen molar-refractivity contribution in [2.45, 2.75) is 26.8 Å². The number of hydrogen-bond donors (Lipinski definition) is 0. The molecule has 6 nitrogen and oxygen atoms in total. The van der Waals surface area contributed by atoms with Gasteiger partial charge in [0.2, 0.25) is 0 Å². The van der Waals surface area contributed by atoms with Crippen molar-refractivity contribution in [2.24, 2.45) is 4.99 Å². The third kappa shape index (κ3) is 4.26. The summed E-state index contributed by atoms with van der Waals surface area (Å²) in [5.41, 5.74) is 2.85. The highest BCUT2D eigenvalue weighted by molar-refractivity contribution is 7.07. The molecule has 1 aliphatic heterocycles. The number of thiazole rings is 1. The highest BCUT2D eigenvalue weighted by Gasteiger charge is 2.33. The highest BCUT2D eigenvalue weighted by atomic mass is 32.1. The number of aromatic nitrogens is 1. The summed E-state index contributed by atoms with van der Waals surface area (Å²) < 4.78 is 26.0. The molecule has 2 heterocycles. The molecule has 1 atom stereocenters. The number of rotatable bonds is 5. The fraction of sp³-hybridized carbons (Fsp3) is 0.240. The van der Waals surface area contributed by atoms with Crippen LogP contribution in [0.25, 0.3) is 6.08 Å². The maximum absolute atomic E-state index is 13.5. The van der Waals surface area contributed by atoms with Crippen LogP contribution in [0.2, 0.25) is 0 Å². The minimum Gasteiger partial charge on any atom is -0.496 e. The first kappa shape index (κ1) is 22.7. The molecule has 0 radical (unpaired) electrons. The lowest BCUT2D eigenvalue weighted by Gasteiger charge is -2.25. The van der Waals surface area contributed by atoms with Crippen LogP contribution in [0.4, 0.5) is 4.39 Å². The van der Waals surface area contributed by atoms with Gasteiger partial charge in [-0.05, 0) is 61.7 Å². The van der Waals surface area contributed by atoms with Gasteiger partial charge in [0.15, 0.2) is 4.80 Å². The molecule has 0 N–H and O–H groups in total. The number of benzene rings is 2. The summed E-state index contributed by atoms with van der Waals surface area (Å²) in [4.78, 5) is 31.5. The van der Waals surface area contributed by atoms with Crippen molar-refractivity contribution in [3.63, 3.8) is 0 Å². The Morgan fingerprint density at radius 3 is 2.61 bits per heavy atom. The topological polar surface area (TPSA) is 69.9 Å². The minimum atomic E-state index is -0.717. The van der Waals surface area contributed by atoms with Crippen LogP contribution >= 0.6 is 11.3 Å². The number of esters is 1. The number of fused-ring (bicyclic) bond motifs is 1. The lowest BCUT2D eigenvalue weighted by atomic mass is 9.95. The van der Waals surface area contributed by atoms with E-state index >= 15 is 0 Å². The molecule has 0 saturated carbocycles. The maximum atomic E-state index is 13.5. The molecule has 3 aromatic rings. The largest absolute Gasteiger partial charge is 0.496 e. The van der Waals surface area contributed by atoms with Crippen LogP contribution in [0, 0.1) is 12.7 Å². The molecule has 0 aliphatic carbocycles. The van der Waals surface area contributed by atoms with Crippen LogP contribution in [0.5, 0.6) is 5.75 Å². The molecule has 1 aliphatic rings. The van der Waals surface area contributed by atoms with Gasteiger partial charge in [-0.2, -0.15) is 0 Å². The van der Waals surface area contributed by atoms with Gasteiger partial charge in [0.25, 0.3) is 5.56 Å². The second-order valence-electron chi connectivity index (χ2n) is 7.58. The van der Waals surface area contributed by atoms with E-state index in [9.17, 15) is 14.0 Å². The van der Waals surface area contributed by atoms with Gasteiger partial charge in [0.1, 0.15) is 11.6 Å². The van der Waals surface area contributed by atoms with E-state index in [4.69, 9.17) is 9.47 Å². The lowest BCUT2D eigenvalue weighted by Crippen LogP contribution is -2.40. The predicted octanol–water partition coefficient (Wildman–Crippen LogP) is 3.25. The molecule has 0 amide bonds. The van der Waals surface area contributed by atoms with E-state index in [-0.39, 0.29) is 18.0 Å². The first-order chi connectivity index (χ1) is 15.8. The highest BCUT2D eigenvalue weighted by Crippen LogP contribution is 2.33. The van der Waals surface area contributed by atoms with E-state index in [0.717, 1.165) is 5.56 Å². The fourth-order valence-corrected chi connectivity index (χ4v) is 4.87. The zero-order valence-corrected chi connectivity index (χ0v) is 19.5.